The van der Waals surface area contributed by atoms with Crippen molar-refractivity contribution < 1.29 is 22.9 Å². The van der Waals surface area contributed by atoms with E-state index < -0.39 is 34.0 Å². The molecule has 0 saturated carbocycles. The van der Waals surface area contributed by atoms with Gasteiger partial charge >= 0.3 is 5.97 Å². The molecule has 7 heteroatoms. The molecule has 2 aromatic rings. The molecule has 0 aliphatic heterocycles. The van der Waals surface area contributed by atoms with Crippen molar-refractivity contribution in [1.29, 1.82) is 0 Å². The molecular weight excluding hydrogens is 366 g/mol. The maximum Gasteiger partial charge on any atom is 0.338 e. The molecule has 0 radical (unpaired) electrons. The van der Waals surface area contributed by atoms with Crippen LogP contribution in [0.2, 0.25) is 0 Å². The van der Waals surface area contributed by atoms with Gasteiger partial charge in [0.2, 0.25) is 0 Å². The molecular formula is C14H9BrF2O3S. The van der Waals surface area contributed by atoms with Crippen LogP contribution in [0.25, 0.3) is 0 Å². The first kappa shape index (κ1) is 15.8. The van der Waals surface area contributed by atoms with Gasteiger partial charge in [0, 0.05) is 14.9 Å². The molecule has 1 unspecified atom stereocenters. The fourth-order valence-corrected chi connectivity index (χ4v) is 3.24. The SMILES string of the molecule is O=C(O)c1cc(S(=O)Cc2cc(Br)ccc2F)ccc1F. The normalized spacial score (nSPS) is 12.1. The lowest BCUT2D eigenvalue weighted by Gasteiger charge is -2.06. The highest BCUT2D eigenvalue weighted by atomic mass is 79.9. The Labute approximate surface area is 130 Å². The standard InChI is InChI=1S/C14H9BrF2O3S/c15-9-1-3-12(16)8(5-9)7-21(20)10-2-4-13(17)11(6-10)14(18)19/h1-6H,7H2,(H,18,19). The van der Waals surface area contributed by atoms with Gasteiger partial charge in [0.25, 0.3) is 0 Å². The molecule has 2 aromatic carbocycles. The van der Waals surface area contributed by atoms with Gasteiger partial charge in [-0.1, -0.05) is 15.9 Å². The second kappa shape index (κ2) is 6.44. The Kier molecular flexibility index (Phi) is 4.84. The number of hydrogen-bond acceptors (Lipinski definition) is 2. The molecule has 0 spiro atoms. The summed E-state index contributed by atoms with van der Waals surface area (Å²) in [6, 6.07) is 7.42. The summed E-state index contributed by atoms with van der Waals surface area (Å²) in [6.07, 6.45) is 0. The van der Waals surface area contributed by atoms with Crippen molar-refractivity contribution in [1.82, 2.24) is 0 Å². The van der Waals surface area contributed by atoms with Crippen LogP contribution in [0.3, 0.4) is 0 Å². The minimum absolute atomic E-state index is 0.129. The van der Waals surface area contributed by atoms with E-state index in [-0.39, 0.29) is 16.2 Å². The maximum absolute atomic E-state index is 13.6. The van der Waals surface area contributed by atoms with Crippen LogP contribution in [-0.4, -0.2) is 15.3 Å². The summed E-state index contributed by atoms with van der Waals surface area (Å²) in [5, 5.41) is 8.84. The van der Waals surface area contributed by atoms with E-state index in [4.69, 9.17) is 5.11 Å². The van der Waals surface area contributed by atoms with E-state index in [1.54, 1.807) is 0 Å². The zero-order valence-corrected chi connectivity index (χ0v) is 12.9. The molecule has 21 heavy (non-hydrogen) atoms. The lowest BCUT2D eigenvalue weighted by atomic mass is 10.2. The van der Waals surface area contributed by atoms with Crippen LogP contribution in [0.1, 0.15) is 15.9 Å². The number of carboxylic acids is 1. The van der Waals surface area contributed by atoms with E-state index >= 15 is 0 Å². The first-order valence-corrected chi connectivity index (χ1v) is 7.85. The molecule has 0 saturated heterocycles. The van der Waals surface area contributed by atoms with Gasteiger partial charge in [0.05, 0.1) is 22.1 Å². The lowest BCUT2D eigenvalue weighted by molar-refractivity contribution is 0.0691. The van der Waals surface area contributed by atoms with E-state index in [9.17, 15) is 17.8 Å². The summed E-state index contributed by atoms with van der Waals surface area (Å²) in [5.74, 6) is -2.99. The number of benzene rings is 2. The Bertz CT molecular complexity index is 734. The molecule has 110 valence electrons. The molecule has 0 aromatic heterocycles. The number of rotatable bonds is 4. The first-order valence-electron chi connectivity index (χ1n) is 5.73. The molecule has 0 amide bonds. The van der Waals surface area contributed by atoms with Gasteiger partial charge in [-0.3, -0.25) is 4.21 Å². The molecule has 1 N–H and O–H groups in total. The first-order chi connectivity index (χ1) is 9.88. The van der Waals surface area contributed by atoms with E-state index in [2.05, 4.69) is 15.9 Å². The minimum Gasteiger partial charge on any atom is -0.478 e. The third-order valence-corrected chi connectivity index (χ3v) is 4.57. The summed E-state index contributed by atoms with van der Waals surface area (Å²) in [4.78, 5) is 11.0. The second-order valence-corrected chi connectivity index (χ2v) is 6.54. The third kappa shape index (κ3) is 3.74. The number of halogens is 3. The molecule has 2 rings (SSSR count). The smallest absolute Gasteiger partial charge is 0.338 e. The fourth-order valence-electron chi connectivity index (χ4n) is 1.69. The summed E-state index contributed by atoms with van der Waals surface area (Å²) in [7, 11) is -1.68. The number of aromatic carboxylic acids is 1. The third-order valence-electron chi connectivity index (χ3n) is 2.73. The number of carboxylic acid groups (broad SMARTS) is 1. The summed E-state index contributed by atoms with van der Waals surface area (Å²) in [5.41, 5.74) is -0.334. The van der Waals surface area contributed by atoms with Crippen LogP contribution in [-0.2, 0) is 16.6 Å². The van der Waals surface area contributed by atoms with Crippen LogP contribution in [0, 0.1) is 11.6 Å². The maximum atomic E-state index is 13.6. The quantitative estimate of drug-likeness (QED) is 0.886. The number of hydrogen-bond donors (Lipinski definition) is 1. The van der Waals surface area contributed by atoms with Gasteiger partial charge in [-0.15, -0.1) is 0 Å². The highest BCUT2D eigenvalue weighted by Gasteiger charge is 2.15. The molecule has 3 nitrogen and oxygen atoms in total. The van der Waals surface area contributed by atoms with Crippen LogP contribution >= 0.6 is 15.9 Å². The lowest BCUT2D eigenvalue weighted by Crippen LogP contribution is -2.04. The van der Waals surface area contributed by atoms with Crippen molar-refractivity contribution in [3.63, 3.8) is 0 Å². The zero-order valence-electron chi connectivity index (χ0n) is 10.5. The largest absolute Gasteiger partial charge is 0.478 e. The van der Waals surface area contributed by atoms with Crippen LogP contribution in [0.15, 0.2) is 45.8 Å². The van der Waals surface area contributed by atoms with Gasteiger partial charge in [0.15, 0.2) is 0 Å². The van der Waals surface area contributed by atoms with Gasteiger partial charge in [-0.2, -0.15) is 0 Å². The predicted molar refractivity (Wildman–Crippen MR) is 77.6 cm³/mol. The topological polar surface area (TPSA) is 54.4 Å². The molecule has 0 heterocycles. The van der Waals surface area contributed by atoms with Crippen LogP contribution < -0.4 is 0 Å². The van der Waals surface area contributed by atoms with Gasteiger partial charge < -0.3 is 5.11 Å². The van der Waals surface area contributed by atoms with Gasteiger partial charge in [-0.25, -0.2) is 13.6 Å². The molecule has 1 atom stereocenters. The van der Waals surface area contributed by atoms with Crippen molar-refractivity contribution in [2.75, 3.05) is 0 Å². The Hall–Kier alpha value is -1.60. The highest BCUT2D eigenvalue weighted by molar-refractivity contribution is 9.10. The molecule has 0 aliphatic carbocycles. The van der Waals surface area contributed by atoms with Crippen LogP contribution in [0.5, 0.6) is 0 Å². The van der Waals surface area contributed by atoms with E-state index in [0.717, 1.165) is 12.1 Å². The van der Waals surface area contributed by atoms with Gasteiger partial charge in [0.1, 0.15) is 11.6 Å². The van der Waals surface area contributed by atoms with Crippen molar-refractivity contribution in [3.8, 4) is 0 Å². The van der Waals surface area contributed by atoms with Gasteiger partial charge in [-0.05, 0) is 36.4 Å². The summed E-state index contributed by atoms with van der Waals surface area (Å²) >= 11 is 3.19. The average Bonchev–Trinajstić information content (AvgIpc) is 2.43. The summed E-state index contributed by atoms with van der Waals surface area (Å²) < 4.78 is 39.7. The fraction of sp³-hybridized carbons (Fsp3) is 0.0714. The second-order valence-electron chi connectivity index (χ2n) is 4.17. The average molecular weight is 375 g/mol. The highest BCUT2D eigenvalue weighted by Crippen LogP contribution is 2.21. The molecule has 0 fully saturated rings. The molecule has 0 aliphatic rings. The van der Waals surface area contributed by atoms with Crippen LogP contribution in [0.4, 0.5) is 8.78 Å². The van der Waals surface area contributed by atoms with Crippen molar-refractivity contribution in [2.45, 2.75) is 10.6 Å². The van der Waals surface area contributed by atoms with E-state index in [0.29, 0.717) is 4.47 Å². The van der Waals surface area contributed by atoms with E-state index in [1.807, 2.05) is 0 Å². The molecule has 0 bridgehead atoms. The minimum atomic E-state index is -1.68. The van der Waals surface area contributed by atoms with E-state index in [1.165, 1.54) is 24.3 Å². The van der Waals surface area contributed by atoms with Crippen molar-refractivity contribution in [2.24, 2.45) is 0 Å². The summed E-state index contributed by atoms with van der Waals surface area (Å²) in [6.45, 7) is 0. The predicted octanol–water partition coefficient (Wildman–Crippen LogP) is 3.73. The van der Waals surface area contributed by atoms with Crippen molar-refractivity contribution in [3.05, 3.63) is 63.6 Å². The monoisotopic (exact) mass is 374 g/mol. The Morgan fingerprint density at radius 1 is 1.14 bits per heavy atom. The van der Waals surface area contributed by atoms with Crippen molar-refractivity contribution >= 4 is 32.7 Å². The zero-order chi connectivity index (χ0) is 15.6. The number of carbonyl (C=O) groups is 1. The Morgan fingerprint density at radius 2 is 1.81 bits per heavy atom. The Morgan fingerprint density at radius 3 is 2.48 bits per heavy atom. The Balaban J connectivity index is 2.30.